The van der Waals surface area contributed by atoms with Gasteiger partial charge in [-0.15, -0.1) is 17.0 Å². The number of hydrogen-bond acceptors (Lipinski definition) is 14. The van der Waals surface area contributed by atoms with Crippen LogP contribution < -0.4 is 31.9 Å². The Morgan fingerprint density at radius 2 is 1.19 bits per heavy atom. The first-order valence-corrected chi connectivity index (χ1v) is 25.5. The van der Waals surface area contributed by atoms with E-state index in [9.17, 15) is 27.2 Å². The van der Waals surface area contributed by atoms with Gasteiger partial charge in [0.2, 0.25) is 5.78 Å². The smallest absolute Gasteiger partial charge is 0.207 e. The number of Topliss-reactive ketones (excluding diaryl/α,β-unsaturated/α-hetero) is 1. The highest BCUT2D eigenvalue weighted by molar-refractivity contribution is 9.09. The highest BCUT2D eigenvalue weighted by Gasteiger charge is 2.21. The van der Waals surface area contributed by atoms with Crippen molar-refractivity contribution in [3.05, 3.63) is 124 Å². The van der Waals surface area contributed by atoms with Crippen LogP contribution in [0.25, 0.3) is 0 Å². The molecule has 0 radical (unpaired) electrons. The molecule has 4 aromatic carbocycles. The number of alkyl halides is 1. The number of thiocarbonyl (C=S) groups is 1. The van der Waals surface area contributed by atoms with Crippen LogP contribution in [0.4, 0.5) is 51.3 Å². The number of nitrogens with zero attached hydrogens (tertiary/aromatic N) is 6. The molecule has 2 saturated heterocycles. The topological polar surface area (TPSA) is 167 Å². The number of amidine groups is 1. The summed E-state index contributed by atoms with van der Waals surface area (Å²) in [7, 11) is 3.47. The molecule has 14 nitrogen and oxygen atoms in total. The Morgan fingerprint density at radius 3 is 1.61 bits per heavy atom. The number of carbonyl (C=O) groups excluding carboxylic acids is 2. The predicted molar refractivity (Wildman–Crippen MR) is 319 cm³/mol. The first-order valence-electron chi connectivity index (χ1n) is 22.2. The third-order valence-electron chi connectivity index (χ3n) is 10.7. The molecule has 0 amide bonds. The lowest BCUT2D eigenvalue weighted by atomic mass is 10.1. The Bertz CT molecular complexity index is 2490. The number of methoxy groups -OCH3 is 2. The van der Waals surface area contributed by atoms with Gasteiger partial charge in [0.25, 0.3) is 0 Å². The summed E-state index contributed by atoms with van der Waals surface area (Å²) in [5.74, 6) is -3.14. The van der Waals surface area contributed by atoms with Gasteiger partial charge in [0.1, 0.15) is 34.0 Å². The Kier molecular flexibility index (Phi) is 32.1. The van der Waals surface area contributed by atoms with Crippen molar-refractivity contribution < 1.29 is 36.6 Å². The van der Waals surface area contributed by atoms with Gasteiger partial charge < -0.3 is 41.4 Å². The third-order valence-corrected chi connectivity index (χ3v) is 13.1. The molecule has 1 atom stereocenters. The Labute approximate surface area is 468 Å². The molecule has 24 heteroatoms. The number of thioether (sulfide) groups is 1. The fourth-order valence-electron chi connectivity index (χ4n) is 7.12. The minimum absolute atomic E-state index is 0. The molecule has 0 spiro atoms. The van der Waals surface area contributed by atoms with Crippen LogP contribution in [-0.4, -0.2) is 141 Å². The number of nitrogens with one attached hydrogen (secondary N) is 2. The SMILES string of the molecule is Br.C.C.CCSC(N)=NC(=S)Nc1ccc(N2CCN(CCOC)CC2)cc1.COCCN1CCN(c2ccc(Nc3nc(N)c(C(=O)c4cc(F)cc(F)c4)s3)cc2)CC1.O=C(CBr)c1cc(F)cc(F)c1.P. The number of aliphatic imine (C=N–C) groups is 1. The standard InChI is InChI=1S/C23H25F2N5O2S.C17H27N5OS2.C8H5BrF2O.2CH4.BrH.H3P/c1-32-11-10-29-6-8-30(9-7-29)19-4-2-18(3-5-19)27-23-28-22(26)21(33-23)20(31)15-12-16(24)14-17(25)13-15;1-3-25-16(18)20-17(24)19-14-4-6-15(7-5-14)22-10-8-21(9-11-22)12-13-23-2;9-4-8(12)5-1-6(10)3-7(11)2-5;;;;/h2-5,12-14H,6-11,26H2,1H3,(H,27,28);4-7H,3,8-13H2,1-2H3,(H3,18,19,20,24);1-3H,4H2;2*1H4;1H;1H3. The first kappa shape index (κ1) is 67.7. The molecule has 3 heterocycles. The minimum atomic E-state index is -0.823. The van der Waals surface area contributed by atoms with Crippen molar-refractivity contribution in [1.82, 2.24) is 14.8 Å². The zero-order valence-electron chi connectivity index (χ0n) is 40.2. The van der Waals surface area contributed by atoms with E-state index in [2.05, 4.69) is 68.3 Å². The van der Waals surface area contributed by atoms with E-state index < -0.39 is 29.1 Å². The quantitative estimate of drug-likeness (QED) is 0.0140. The van der Waals surface area contributed by atoms with E-state index in [1.165, 1.54) is 17.4 Å². The van der Waals surface area contributed by atoms with Gasteiger partial charge in [0, 0.05) is 126 Å². The molecule has 0 saturated carbocycles. The third kappa shape index (κ3) is 22.1. The van der Waals surface area contributed by atoms with E-state index in [4.69, 9.17) is 33.2 Å². The molecule has 1 aromatic heterocycles. The zero-order valence-corrected chi connectivity index (χ0v) is 47.3. The summed E-state index contributed by atoms with van der Waals surface area (Å²) in [5, 5.41) is 7.61. The van der Waals surface area contributed by atoms with Crippen LogP contribution in [0, 0.1) is 23.3 Å². The van der Waals surface area contributed by atoms with Gasteiger partial charge in [-0.25, -0.2) is 22.5 Å². The molecule has 408 valence electrons. The summed E-state index contributed by atoms with van der Waals surface area (Å²) in [5.41, 5.74) is 15.7. The minimum Gasteiger partial charge on any atom is -0.383 e. The van der Waals surface area contributed by atoms with E-state index in [0.717, 1.165) is 143 Å². The summed E-state index contributed by atoms with van der Waals surface area (Å²) in [6.45, 7) is 13.6. The molecule has 5 aromatic rings. The van der Waals surface area contributed by atoms with Gasteiger partial charge in [-0.05, 0) is 90.8 Å². The van der Waals surface area contributed by atoms with Gasteiger partial charge in [-0.2, -0.15) is 14.9 Å². The first-order chi connectivity index (χ1) is 33.7. The lowest BCUT2D eigenvalue weighted by molar-refractivity contribution is 0.102. The van der Waals surface area contributed by atoms with Crippen LogP contribution in [0.3, 0.4) is 0 Å². The second-order valence-electron chi connectivity index (χ2n) is 15.6. The number of ketones is 2. The predicted octanol–water partition coefficient (Wildman–Crippen LogP) is 10.4. The van der Waals surface area contributed by atoms with Crippen LogP contribution in [0.1, 0.15) is 47.4 Å². The summed E-state index contributed by atoms with van der Waals surface area (Å²) in [6, 6.07) is 21.6. The van der Waals surface area contributed by atoms with Crippen molar-refractivity contribution in [2.75, 3.05) is 130 Å². The lowest BCUT2D eigenvalue weighted by Crippen LogP contribution is -2.47. The summed E-state index contributed by atoms with van der Waals surface area (Å²) in [4.78, 5) is 41.6. The van der Waals surface area contributed by atoms with Gasteiger partial charge >= 0.3 is 0 Å². The number of aromatic nitrogens is 1. The molecule has 2 aliphatic rings. The van der Waals surface area contributed by atoms with Crippen LogP contribution in [0.15, 0.2) is 89.9 Å². The Hall–Kier alpha value is -4.29. The molecule has 1 unspecified atom stereocenters. The fraction of sp³-hybridized carbons (Fsp3) is 0.380. The number of hydrogen-bond donors (Lipinski definition) is 4. The normalized spacial score (nSPS) is 13.5. The van der Waals surface area contributed by atoms with E-state index in [-0.39, 0.29) is 74.7 Å². The average molecular weight is 1240 g/mol. The van der Waals surface area contributed by atoms with Crippen molar-refractivity contribution in [2.24, 2.45) is 10.7 Å². The number of nitrogen functional groups attached to an aromatic ring is 1. The molecular formula is C50H69Br2F4N10O4PS3. The number of nitrogens with two attached hydrogens (primary N) is 2. The summed E-state index contributed by atoms with van der Waals surface area (Å²) < 4.78 is 62.3. The maximum absolute atomic E-state index is 13.5. The highest BCUT2D eigenvalue weighted by atomic mass is 79.9. The van der Waals surface area contributed by atoms with Crippen LogP contribution in [0.2, 0.25) is 0 Å². The summed E-state index contributed by atoms with van der Waals surface area (Å²) in [6.07, 6.45) is 0. The van der Waals surface area contributed by atoms with E-state index in [0.29, 0.717) is 21.5 Å². The van der Waals surface area contributed by atoms with Crippen molar-refractivity contribution in [1.29, 1.82) is 0 Å². The number of piperazine rings is 2. The van der Waals surface area contributed by atoms with E-state index >= 15 is 0 Å². The number of ether oxygens (including phenoxy) is 2. The van der Waals surface area contributed by atoms with Crippen molar-refractivity contribution in [2.45, 2.75) is 21.8 Å². The lowest BCUT2D eigenvalue weighted by Gasteiger charge is -2.36. The Balaban J connectivity index is 0.000000593. The number of carbonyl (C=O) groups is 2. The van der Waals surface area contributed by atoms with Gasteiger partial charge in [0.05, 0.1) is 18.5 Å². The molecule has 2 aliphatic heterocycles. The number of thiazole rings is 1. The molecule has 74 heavy (non-hydrogen) atoms. The van der Waals surface area contributed by atoms with Gasteiger partial charge in [-0.3, -0.25) is 19.4 Å². The van der Waals surface area contributed by atoms with Crippen LogP contribution in [-0.2, 0) is 9.47 Å². The van der Waals surface area contributed by atoms with Gasteiger partial charge in [0.15, 0.2) is 21.2 Å². The van der Waals surface area contributed by atoms with Crippen molar-refractivity contribution >= 4 is 134 Å². The molecular weight excluding hydrogens is 1170 g/mol. The van der Waals surface area contributed by atoms with E-state index in [1.54, 1.807) is 14.2 Å². The Morgan fingerprint density at radius 1 is 0.757 bits per heavy atom. The van der Waals surface area contributed by atoms with Crippen molar-refractivity contribution in [3.8, 4) is 0 Å². The second-order valence-corrected chi connectivity index (χ2v) is 18.8. The van der Waals surface area contributed by atoms with Crippen molar-refractivity contribution in [3.63, 3.8) is 0 Å². The van der Waals surface area contributed by atoms with Crippen LogP contribution in [0.5, 0.6) is 0 Å². The molecule has 6 N–H and O–H groups in total. The maximum Gasteiger partial charge on any atom is 0.207 e. The fourth-order valence-corrected chi connectivity index (χ4v) is 9.04. The van der Waals surface area contributed by atoms with Crippen LogP contribution >= 0.6 is 78.1 Å². The number of anilines is 6. The average Bonchev–Trinajstić information content (AvgIpc) is 3.71. The monoisotopic (exact) mass is 1230 g/mol. The number of benzene rings is 4. The highest BCUT2D eigenvalue weighted by Crippen LogP contribution is 2.31. The van der Waals surface area contributed by atoms with Gasteiger partial charge in [-0.1, -0.05) is 60.8 Å². The number of halogens is 6. The molecule has 7 rings (SSSR count). The maximum atomic E-state index is 13.5. The molecule has 0 bridgehead atoms. The largest absolute Gasteiger partial charge is 0.383 e. The zero-order chi connectivity index (χ0) is 50.6. The number of rotatable bonds is 16. The second kappa shape index (κ2) is 35.1. The molecule has 0 aliphatic carbocycles. The summed E-state index contributed by atoms with van der Waals surface area (Å²) >= 11 is 10.6. The van der Waals surface area contributed by atoms with E-state index in [1.807, 2.05) is 43.3 Å². The molecule has 2 fully saturated rings.